The Morgan fingerprint density at radius 3 is 2.84 bits per heavy atom. The second kappa shape index (κ2) is 7.63. The largest absolute Gasteiger partial charge is 0.472 e. The lowest BCUT2D eigenvalue weighted by Crippen LogP contribution is -2.33. The van der Waals surface area contributed by atoms with Gasteiger partial charge in [0.1, 0.15) is 0 Å². The molecule has 0 saturated carbocycles. The highest BCUT2D eigenvalue weighted by Gasteiger charge is 2.11. The van der Waals surface area contributed by atoms with Crippen molar-refractivity contribution in [1.82, 2.24) is 5.32 Å². The SMILES string of the molecule is CCNC(CSc1ccccc1Cl)Cc1ccoc1. The fourth-order valence-electron chi connectivity index (χ4n) is 1.92. The molecule has 0 saturated heterocycles. The number of hydrogen-bond donors (Lipinski definition) is 1. The Hall–Kier alpha value is -0.900. The minimum Gasteiger partial charge on any atom is -0.472 e. The minimum atomic E-state index is 0.420. The van der Waals surface area contributed by atoms with E-state index in [1.165, 1.54) is 5.56 Å². The molecular formula is C15H18ClNOS. The molecule has 1 aromatic carbocycles. The van der Waals surface area contributed by atoms with Crippen molar-refractivity contribution in [1.29, 1.82) is 0 Å². The number of thioether (sulfide) groups is 1. The van der Waals surface area contributed by atoms with E-state index in [1.807, 2.05) is 30.5 Å². The van der Waals surface area contributed by atoms with Gasteiger partial charge in [0.15, 0.2) is 0 Å². The van der Waals surface area contributed by atoms with Crippen LogP contribution in [0, 0.1) is 0 Å². The summed E-state index contributed by atoms with van der Waals surface area (Å²) >= 11 is 7.96. The predicted molar refractivity (Wildman–Crippen MR) is 82.1 cm³/mol. The van der Waals surface area contributed by atoms with Crippen molar-refractivity contribution >= 4 is 23.4 Å². The van der Waals surface area contributed by atoms with E-state index in [4.69, 9.17) is 16.0 Å². The molecule has 1 aromatic heterocycles. The van der Waals surface area contributed by atoms with Crippen molar-refractivity contribution in [3.05, 3.63) is 53.4 Å². The molecule has 1 unspecified atom stereocenters. The molecule has 0 fully saturated rings. The summed E-state index contributed by atoms with van der Waals surface area (Å²) in [6.07, 6.45) is 4.51. The maximum Gasteiger partial charge on any atom is 0.0935 e. The number of likely N-dealkylation sites (N-methyl/N-ethyl adjacent to an activating group) is 1. The Kier molecular flexibility index (Phi) is 5.83. The third-order valence-corrected chi connectivity index (χ3v) is 4.51. The van der Waals surface area contributed by atoms with Crippen molar-refractivity contribution in [3.63, 3.8) is 0 Å². The van der Waals surface area contributed by atoms with Crippen LogP contribution in [0.2, 0.25) is 5.02 Å². The summed E-state index contributed by atoms with van der Waals surface area (Å²) in [5, 5.41) is 4.33. The zero-order valence-corrected chi connectivity index (χ0v) is 12.5. The van der Waals surface area contributed by atoms with Gasteiger partial charge >= 0.3 is 0 Å². The van der Waals surface area contributed by atoms with Crippen LogP contribution in [0.15, 0.2) is 52.2 Å². The fraction of sp³-hybridized carbons (Fsp3) is 0.333. The smallest absolute Gasteiger partial charge is 0.0935 e. The number of furan rings is 1. The van der Waals surface area contributed by atoms with E-state index in [0.717, 1.165) is 28.6 Å². The van der Waals surface area contributed by atoms with E-state index in [2.05, 4.69) is 18.3 Å². The van der Waals surface area contributed by atoms with Gasteiger partial charge in [0.2, 0.25) is 0 Å². The normalized spacial score (nSPS) is 12.5. The molecule has 4 heteroatoms. The molecule has 1 heterocycles. The van der Waals surface area contributed by atoms with Gasteiger partial charge in [-0.1, -0.05) is 30.7 Å². The van der Waals surface area contributed by atoms with Gasteiger partial charge in [-0.2, -0.15) is 0 Å². The molecular weight excluding hydrogens is 278 g/mol. The number of benzene rings is 1. The van der Waals surface area contributed by atoms with E-state index < -0.39 is 0 Å². The average molecular weight is 296 g/mol. The lowest BCUT2D eigenvalue weighted by molar-refractivity contribution is 0.547. The molecule has 19 heavy (non-hydrogen) atoms. The molecule has 1 N–H and O–H groups in total. The van der Waals surface area contributed by atoms with Crippen molar-refractivity contribution < 1.29 is 4.42 Å². The summed E-state index contributed by atoms with van der Waals surface area (Å²) in [4.78, 5) is 1.14. The molecule has 0 aliphatic rings. The maximum atomic E-state index is 6.17. The van der Waals surface area contributed by atoms with E-state index in [1.54, 1.807) is 18.0 Å². The van der Waals surface area contributed by atoms with E-state index in [9.17, 15) is 0 Å². The van der Waals surface area contributed by atoms with Crippen molar-refractivity contribution in [2.75, 3.05) is 12.3 Å². The molecule has 102 valence electrons. The highest BCUT2D eigenvalue weighted by Crippen LogP contribution is 2.27. The first kappa shape index (κ1) is 14.5. The molecule has 0 amide bonds. The number of rotatable bonds is 7. The second-order valence-electron chi connectivity index (χ2n) is 4.33. The first-order valence-corrected chi connectivity index (χ1v) is 7.77. The summed E-state index contributed by atoms with van der Waals surface area (Å²) in [6, 6.07) is 10.4. The van der Waals surface area contributed by atoms with Crippen molar-refractivity contribution in [3.8, 4) is 0 Å². The Morgan fingerprint density at radius 1 is 1.32 bits per heavy atom. The first-order chi connectivity index (χ1) is 9.29. The van der Waals surface area contributed by atoms with Gasteiger partial charge in [0.05, 0.1) is 17.5 Å². The standard InChI is InChI=1S/C15H18ClNOS/c1-2-17-13(9-12-7-8-18-10-12)11-19-15-6-4-3-5-14(15)16/h3-8,10,13,17H,2,9,11H2,1H3. The highest BCUT2D eigenvalue weighted by molar-refractivity contribution is 7.99. The summed E-state index contributed by atoms with van der Waals surface area (Å²) in [5.74, 6) is 0.989. The summed E-state index contributed by atoms with van der Waals surface area (Å²) in [7, 11) is 0. The van der Waals surface area contributed by atoms with Gasteiger partial charge < -0.3 is 9.73 Å². The third kappa shape index (κ3) is 4.60. The van der Waals surface area contributed by atoms with Crippen LogP contribution in [0.1, 0.15) is 12.5 Å². The lowest BCUT2D eigenvalue weighted by atomic mass is 10.1. The number of nitrogens with one attached hydrogen (secondary N) is 1. The topological polar surface area (TPSA) is 25.2 Å². The Bertz CT molecular complexity index is 487. The monoisotopic (exact) mass is 295 g/mol. The Balaban J connectivity index is 1.91. The third-order valence-electron chi connectivity index (χ3n) is 2.83. The van der Waals surface area contributed by atoms with Crippen LogP contribution in [0.5, 0.6) is 0 Å². The summed E-state index contributed by atoms with van der Waals surface area (Å²) in [6.45, 7) is 3.09. The zero-order valence-electron chi connectivity index (χ0n) is 10.9. The molecule has 2 rings (SSSR count). The van der Waals surface area contributed by atoms with Crippen LogP contribution >= 0.6 is 23.4 Å². The quantitative estimate of drug-likeness (QED) is 0.773. The molecule has 0 aliphatic heterocycles. The second-order valence-corrected chi connectivity index (χ2v) is 5.80. The summed E-state index contributed by atoms with van der Waals surface area (Å²) in [5.41, 5.74) is 1.23. The van der Waals surface area contributed by atoms with Gasteiger partial charge in [-0.15, -0.1) is 11.8 Å². The number of halogens is 1. The van der Waals surface area contributed by atoms with Crippen LogP contribution in [-0.4, -0.2) is 18.3 Å². The van der Waals surface area contributed by atoms with E-state index in [0.29, 0.717) is 6.04 Å². The molecule has 2 aromatic rings. The van der Waals surface area contributed by atoms with Gasteiger partial charge in [0.25, 0.3) is 0 Å². The van der Waals surface area contributed by atoms with Crippen LogP contribution in [-0.2, 0) is 6.42 Å². The lowest BCUT2D eigenvalue weighted by Gasteiger charge is -2.17. The van der Waals surface area contributed by atoms with Crippen LogP contribution < -0.4 is 5.32 Å². The van der Waals surface area contributed by atoms with E-state index in [-0.39, 0.29) is 0 Å². The average Bonchev–Trinajstić information content (AvgIpc) is 2.91. The van der Waals surface area contributed by atoms with Gasteiger partial charge in [-0.25, -0.2) is 0 Å². The maximum absolute atomic E-state index is 6.17. The summed E-state index contributed by atoms with van der Waals surface area (Å²) < 4.78 is 5.12. The van der Waals surface area contributed by atoms with Crippen LogP contribution in [0.3, 0.4) is 0 Å². The fourth-order valence-corrected chi connectivity index (χ4v) is 3.22. The van der Waals surface area contributed by atoms with Crippen molar-refractivity contribution in [2.45, 2.75) is 24.3 Å². The molecule has 0 aliphatic carbocycles. The van der Waals surface area contributed by atoms with Crippen LogP contribution in [0.4, 0.5) is 0 Å². The Labute approximate surface area is 123 Å². The Morgan fingerprint density at radius 2 is 2.16 bits per heavy atom. The van der Waals surface area contributed by atoms with Gasteiger partial charge in [-0.3, -0.25) is 0 Å². The number of hydrogen-bond acceptors (Lipinski definition) is 3. The minimum absolute atomic E-state index is 0.420. The molecule has 0 radical (unpaired) electrons. The molecule has 0 spiro atoms. The molecule has 0 bridgehead atoms. The van der Waals surface area contributed by atoms with Gasteiger partial charge in [-0.05, 0) is 36.7 Å². The predicted octanol–water partition coefficient (Wildman–Crippen LogP) is 4.25. The van der Waals surface area contributed by atoms with E-state index >= 15 is 0 Å². The zero-order chi connectivity index (χ0) is 13.5. The van der Waals surface area contributed by atoms with Crippen LogP contribution in [0.25, 0.3) is 0 Å². The molecule has 1 atom stereocenters. The highest BCUT2D eigenvalue weighted by atomic mass is 35.5. The first-order valence-electron chi connectivity index (χ1n) is 6.41. The molecule has 2 nitrogen and oxygen atoms in total. The van der Waals surface area contributed by atoms with Gasteiger partial charge in [0, 0.05) is 16.7 Å². The van der Waals surface area contributed by atoms with Crippen molar-refractivity contribution in [2.24, 2.45) is 0 Å².